The molecular formula is C22H22N6O4. The fraction of sp³-hybridized carbons (Fsp3) is 0.182. The maximum absolute atomic E-state index is 12.2. The zero-order valence-corrected chi connectivity index (χ0v) is 17.6. The van der Waals surface area contributed by atoms with Gasteiger partial charge in [0.15, 0.2) is 11.5 Å². The number of amides is 2. The average Bonchev–Trinajstić information content (AvgIpc) is 3.25. The van der Waals surface area contributed by atoms with Crippen molar-refractivity contribution >= 4 is 17.4 Å². The highest BCUT2D eigenvalue weighted by molar-refractivity contribution is 5.89. The number of anilines is 1. The second-order valence-electron chi connectivity index (χ2n) is 6.66. The second kappa shape index (κ2) is 9.65. The van der Waals surface area contributed by atoms with E-state index in [1.54, 1.807) is 49.1 Å². The van der Waals surface area contributed by atoms with Gasteiger partial charge in [0.1, 0.15) is 18.1 Å². The molecule has 0 saturated carbocycles. The highest BCUT2D eigenvalue weighted by Gasteiger charge is 2.10. The lowest BCUT2D eigenvalue weighted by Gasteiger charge is -2.11. The number of hydrogen-bond acceptors (Lipinski definition) is 7. The van der Waals surface area contributed by atoms with Crippen LogP contribution in [0.5, 0.6) is 17.4 Å². The summed E-state index contributed by atoms with van der Waals surface area (Å²) in [5.74, 6) is 2.17. The molecule has 2 heterocycles. The van der Waals surface area contributed by atoms with Crippen molar-refractivity contribution in [1.82, 2.24) is 25.1 Å². The van der Waals surface area contributed by atoms with E-state index in [2.05, 4.69) is 25.9 Å². The van der Waals surface area contributed by atoms with Crippen molar-refractivity contribution in [3.8, 4) is 28.8 Å². The minimum atomic E-state index is -0.377. The maximum Gasteiger partial charge on any atom is 0.319 e. The normalized spacial score (nSPS) is 10.6. The summed E-state index contributed by atoms with van der Waals surface area (Å²) in [6.45, 7) is 0.510. The van der Waals surface area contributed by atoms with Gasteiger partial charge in [-0.2, -0.15) is 4.52 Å². The van der Waals surface area contributed by atoms with Crippen molar-refractivity contribution < 1.29 is 19.0 Å². The molecule has 0 aliphatic heterocycles. The van der Waals surface area contributed by atoms with Gasteiger partial charge in [0.05, 0.1) is 20.8 Å². The number of carbonyl (C=O) groups is 1. The van der Waals surface area contributed by atoms with Gasteiger partial charge in [-0.1, -0.05) is 30.3 Å². The Morgan fingerprint density at radius 1 is 0.969 bits per heavy atom. The molecule has 0 bridgehead atoms. The monoisotopic (exact) mass is 434 g/mol. The van der Waals surface area contributed by atoms with Crippen LogP contribution in [0, 0.1) is 0 Å². The molecule has 0 atom stereocenters. The number of hydrogen-bond donors (Lipinski definition) is 2. The van der Waals surface area contributed by atoms with Gasteiger partial charge in [-0.05, 0) is 6.07 Å². The summed E-state index contributed by atoms with van der Waals surface area (Å²) < 4.78 is 17.7. The van der Waals surface area contributed by atoms with Crippen LogP contribution in [0.4, 0.5) is 10.5 Å². The highest BCUT2D eigenvalue weighted by Crippen LogP contribution is 2.25. The Bertz CT molecular complexity index is 1190. The molecule has 0 aliphatic carbocycles. The molecule has 2 amide bonds. The van der Waals surface area contributed by atoms with E-state index in [0.717, 1.165) is 5.56 Å². The highest BCUT2D eigenvalue weighted by atomic mass is 16.5. The van der Waals surface area contributed by atoms with Gasteiger partial charge in [0, 0.05) is 35.5 Å². The smallest absolute Gasteiger partial charge is 0.319 e. The van der Waals surface area contributed by atoms with E-state index >= 15 is 0 Å². The Morgan fingerprint density at radius 2 is 1.72 bits per heavy atom. The van der Waals surface area contributed by atoms with Gasteiger partial charge < -0.3 is 24.8 Å². The Labute approximate surface area is 184 Å². The predicted molar refractivity (Wildman–Crippen MR) is 118 cm³/mol. The number of aromatic nitrogens is 4. The van der Waals surface area contributed by atoms with E-state index in [-0.39, 0.29) is 19.2 Å². The minimum absolute atomic E-state index is 0.232. The molecule has 164 valence electrons. The minimum Gasteiger partial charge on any atom is -0.497 e. The molecule has 0 radical (unpaired) electrons. The first-order valence-corrected chi connectivity index (χ1v) is 9.85. The van der Waals surface area contributed by atoms with E-state index in [0.29, 0.717) is 34.5 Å². The Balaban J connectivity index is 1.32. The molecule has 0 spiro atoms. The summed E-state index contributed by atoms with van der Waals surface area (Å²) in [5, 5.41) is 18.2. The predicted octanol–water partition coefficient (Wildman–Crippen LogP) is 3.01. The number of ether oxygens (including phenoxy) is 3. The lowest BCUT2D eigenvalue weighted by Crippen LogP contribution is -2.32. The number of rotatable bonds is 8. The number of fused-ring (bicyclic) bond motifs is 1. The molecule has 10 nitrogen and oxygen atoms in total. The molecule has 32 heavy (non-hydrogen) atoms. The SMILES string of the molecule is COc1cc(NC(=O)NCCOc2ccc3nnc(-c4ccccc4)n3n2)cc(OC)c1. The number of carbonyl (C=O) groups excluding carboxylic acids is 1. The van der Waals surface area contributed by atoms with Crippen molar-refractivity contribution in [1.29, 1.82) is 0 Å². The summed E-state index contributed by atoms with van der Waals surface area (Å²) in [5.41, 5.74) is 2.06. The van der Waals surface area contributed by atoms with Crippen molar-refractivity contribution in [2.24, 2.45) is 0 Å². The molecule has 4 rings (SSSR count). The Hall–Kier alpha value is -4.34. The van der Waals surface area contributed by atoms with Crippen LogP contribution >= 0.6 is 0 Å². The lowest BCUT2D eigenvalue weighted by molar-refractivity contribution is 0.246. The number of nitrogens with zero attached hydrogens (tertiary/aromatic N) is 4. The number of urea groups is 1. The number of methoxy groups -OCH3 is 2. The molecule has 2 aromatic heterocycles. The van der Waals surface area contributed by atoms with E-state index in [9.17, 15) is 4.79 Å². The van der Waals surface area contributed by atoms with Crippen molar-refractivity contribution in [3.05, 3.63) is 60.7 Å². The van der Waals surface area contributed by atoms with E-state index in [4.69, 9.17) is 14.2 Å². The first-order valence-electron chi connectivity index (χ1n) is 9.85. The summed E-state index contributed by atoms with van der Waals surface area (Å²) in [4.78, 5) is 12.2. The second-order valence-corrected chi connectivity index (χ2v) is 6.66. The van der Waals surface area contributed by atoms with Crippen LogP contribution in [0.3, 0.4) is 0 Å². The lowest BCUT2D eigenvalue weighted by atomic mass is 10.2. The van der Waals surface area contributed by atoms with Crippen LogP contribution in [0.2, 0.25) is 0 Å². The van der Waals surface area contributed by atoms with E-state index in [1.165, 1.54) is 0 Å². The molecule has 4 aromatic rings. The van der Waals surface area contributed by atoms with Gasteiger partial charge >= 0.3 is 6.03 Å². The maximum atomic E-state index is 12.2. The fourth-order valence-electron chi connectivity index (χ4n) is 2.99. The Morgan fingerprint density at radius 3 is 2.44 bits per heavy atom. The molecule has 0 saturated heterocycles. The topological polar surface area (TPSA) is 112 Å². The van der Waals surface area contributed by atoms with Crippen LogP contribution in [0.1, 0.15) is 0 Å². The third kappa shape index (κ3) is 4.86. The van der Waals surface area contributed by atoms with Crippen LogP contribution in [0.25, 0.3) is 17.0 Å². The first kappa shape index (κ1) is 20.9. The van der Waals surface area contributed by atoms with Gasteiger partial charge in [0.2, 0.25) is 5.88 Å². The molecule has 0 aliphatic rings. The molecule has 0 unspecified atom stereocenters. The standard InChI is InChI=1S/C22H22N6O4/c1-30-17-12-16(13-18(14-17)31-2)24-22(29)23-10-11-32-20-9-8-19-25-26-21(28(19)27-20)15-6-4-3-5-7-15/h3-9,12-14H,10-11H2,1-2H3,(H2,23,24,29). The van der Waals surface area contributed by atoms with Crippen LogP contribution < -0.4 is 24.8 Å². The number of nitrogens with one attached hydrogen (secondary N) is 2. The Kier molecular flexibility index (Phi) is 6.30. The molecule has 2 aromatic carbocycles. The first-order chi connectivity index (χ1) is 15.7. The van der Waals surface area contributed by atoms with Crippen molar-refractivity contribution in [3.63, 3.8) is 0 Å². The largest absolute Gasteiger partial charge is 0.497 e. The molecule has 2 N–H and O–H groups in total. The summed E-state index contributed by atoms with van der Waals surface area (Å²) in [6.07, 6.45) is 0. The fourth-order valence-corrected chi connectivity index (χ4v) is 2.99. The van der Waals surface area contributed by atoms with Gasteiger partial charge in [-0.25, -0.2) is 4.79 Å². The third-order valence-electron chi connectivity index (χ3n) is 4.52. The number of benzene rings is 2. The summed E-state index contributed by atoms with van der Waals surface area (Å²) in [7, 11) is 3.09. The van der Waals surface area contributed by atoms with Gasteiger partial charge in [0.25, 0.3) is 0 Å². The third-order valence-corrected chi connectivity index (χ3v) is 4.52. The van der Waals surface area contributed by atoms with Gasteiger partial charge in [-0.15, -0.1) is 15.3 Å². The quantitative estimate of drug-likeness (QED) is 0.410. The summed E-state index contributed by atoms with van der Waals surface area (Å²) in [6, 6.07) is 17.9. The summed E-state index contributed by atoms with van der Waals surface area (Å²) >= 11 is 0. The van der Waals surface area contributed by atoms with Crippen LogP contribution in [-0.4, -0.2) is 53.2 Å². The van der Waals surface area contributed by atoms with Crippen LogP contribution in [0.15, 0.2) is 60.7 Å². The van der Waals surface area contributed by atoms with Crippen LogP contribution in [-0.2, 0) is 0 Å². The molecule has 10 heteroatoms. The van der Waals surface area contributed by atoms with E-state index < -0.39 is 0 Å². The zero-order chi connectivity index (χ0) is 22.3. The van der Waals surface area contributed by atoms with Crippen molar-refractivity contribution in [2.45, 2.75) is 0 Å². The molecule has 0 fully saturated rings. The van der Waals surface area contributed by atoms with E-state index in [1.807, 2.05) is 30.3 Å². The van der Waals surface area contributed by atoms with Crippen molar-refractivity contribution in [2.75, 3.05) is 32.7 Å². The molecular weight excluding hydrogens is 412 g/mol. The average molecular weight is 434 g/mol. The zero-order valence-electron chi connectivity index (χ0n) is 17.6. The van der Waals surface area contributed by atoms with Gasteiger partial charge in [-0.3, -0.25) is 0 Å².